The Labute approximate surface area is 231 Å². The van der Waals surface area contributed by atoms with E-state index < -0.39 is 5.41 Å². The lowest BCUT2D eigenvalue weighted by atomic mass is 9.91. The molecule has 1 spiro atoms. The van der Waals surface area contributed by atoms with Crippen LogP contribution in [0.25, 0.3) is 23.1 Å². The Morgan fingerprint density at radius 1 is 1.16 bits per heavy atom. The van der Waals surface area contributed by atoms with E-state index in [0.717, 1.165) is 78.4 Å². The number of benzene rings is 2. The molecule has 0 unspecified atom stereocenters. The van der Waals surface area contributed by atoms with E-state index in [4.69, 9.17) is 9.47 Å². The van der Waals surface area contributed by atoms with Crippen LogP contribution in [-0.4, -0.2) is 54.4 Å². The number of rotatable bonds is 6. The third kappa shape index (κ3) is 4.22. The maximum atomic E-state index is 13.0. The van der Waals surface area contributed by atoms with Crippen LogP contribution in [0.15, 0.2) is 48.5 Å². The molecule has 0 bridgehead atoms. The number of carbonyl (C=O) groups excluding carboxylic acids is 1. The fraction of sp³-hybridized carbons (Fsp3) is 0.310. The van der Waals surface area contributed by atoms with E-state index in [1.807, 2.05) is 29.5 Å². The number of anilines is 1. The third-order valence-electron chi connectivity index (χ3n) is 7.91. The van der Waals surface area contributed by atoms with E-state index in [9.17, 15) is 4.79 Å². The van der Waals surface area contributed by atoms with Crippen LogP contribution in [0.1, 0.15) is 38.9 Å². The number of aromatic nitrogens is 2. The van der Waals surface area contributed by atoms with Gasteiger partial charge < -0.3 is 14.8 Å². The average molecular weight is 549 g/mol. The van der Waals surface area contributed by atoms with Crippen molar-refractivity contribution in [3.8, 4) is 5.75 Å². The molecule has 2 atom stereocenters. The number of aromatic amines is 1. The second-order valence-electron chi connectivity index (χ2n) is 10.0. The van der Waals surface area contributed by atoms with E-state index in [1.165, 1.54) is 9.75 Å². The Morgan fingerprint density at radius 2 is 2.03 bits per heavy atom. The molecular formula is C29H29ClN4O3S. The van der Waals surface area contributed by atoms with E-state index in [0.29, 0.717) is 0 Å². The Balaban J connectivity index is 0.00000264. The first-order valence-electron chi connectivity index (χ1n) is 12.7. The van der Waals surface area contributed by atoms with Crippen LogP contribution in [0, 0.1) is 0 Å². The minimum atomic E-state index is -0.502. The van der Waals surface area contributed by atoms with Crippen LogP contribution in [-0.2, 0) is 21.5 Å². The van der Waals surface area contributed by atoms with Crippen LogP contribution in [0.4, 0.5) is 5.69 Å². The van der Waals surface area contributed by atoms with Gasteiger partial charge in [0.05, 0.1) is 36.9 Å². The molecule has 4 aromatic rings. The molecule has 4 heterocycles. The predicted octanol–water partition coefficient (Wildman–Crippen LogP) is 5.43. The van der Waals surface area contributed by atoms with Crippen LogP contribution >= 0.6 is 23.7 Å². The van der Waals surface area contributed by atoms with Crippen molar-refractivity contribution in [1.82, 2.24) is 15.1 Å². The Morgan fingerprint density at radius 3 is 2.87 bits per heavy atom. The molecule has 7 rings (SSSR count). The number of carbonyl (C=O) groups is 1. The molecule has 2 aliphatic heterocycles. The molecule has 0 radical (unpaired) electrons. The summed E-state index contributed by atoms with van der Waals surface area (Å²) in [6, 6.07) is 16.6. The molecule has 1 aliphatic carbocycles. The standard InChI is InChI=1S/C29H28N4O3S.ClH/c1-35-19-3-8-26-23(15-19)29(28(34)30-26)16-24(29)18-2-7-22-25(31-32-27(22)14-18)9-6-20-4-5-21(37-20)17-33-10-12-36-13-11-33;/h2-9,14-15,24H,10-13,16-17H2,1H3,(H,30,34)(H,31,32);1H/b9-6+;/t24-,29-;/m0./s1. The Hall–Kier alpha value is -3.17. The number of amides is 1. The summed E-state index contributed by atoms with van der Waals surface area (Å²) < 4.78 is 10.9. The van der Waals surface area contributed by atoms with Gasteiger partial charge in [-0.3, -0.25) is 14.8 Å². The normalized spacial score (nSPS) is 22.6. The lowest BCUT2D eigenvalue weighted by Crippen LogP contribution is -2.35. The number of fused-ring (bicyclic) bond motifs is 3. The van der Waals surface area contributed by atoms with E-state index in [1.54, 1.807) is 7.11 Å². The quantitative estimate of drug-likeness (QED) is 0.336. The van der Waals surface area contributed by atoms with Crippen molar-refractivity contribution >= 4 is 58.4 Å². The second kappa shape index (κ2) is 9.85. The molecule has 1 saturated heterocycles. The Bertz CT molecular complexity index is 1540. The Kier molecular flexibility index (Phi) is 6.52. The van der Waals surface area contributed by atoms with Gasteiger partial charge in [0.2, 0.25) is 5.91 Å². The minimum absolute atomic E-state index is 0. The van der Waals surface area contributed by atoms with Gasteiger partial charge in [0.1, 0.15) is 5.75 Å². The first-order chi connectivity index (χ1) is 18.1. The van der Waals surface area contributed by atoms with Crippen molar-refractivity contribution in [2.45, 2.75) is 24.3 Å². The predicted molar refractivity (Wildman–Crippen MR) is 153 cm³/mol. The number of nitrogens with one attached hydrogen (secondary N) is 2. The molecule has 9 heteroatoms. The number of halogens is 1. The molecule has 2 N–H and O–H groups in total. The molecule has 3 aliphatic rings. The minimum Gasteiger partial charge on any atom is -0.497 e. The number of hydrogen-bond donors (Lipinski definition) is 2. The maximum absolute atomic E-state index is 13.0. The molecular weight excluding hydrogens is 520 g/mol. The van der Waals surface area contributed by atoms with Gasteiger partial charge in [-0.25, -0.2) is 0 Å². The van der Waals surface area contributed by atoms with Crippen molar-refractivity contribution in [3.63, 3.8) is 0 Å². The molecule has 7 nitrogen and oxygen atoms in total. The number of morpholine rings is 1. The van der Waals surface area contributed by atoms with Gasteiger partial charge in [0.25, 0.3) is 0 Å². The van der Waals surface area contributed by atoms with Gasteiger partial charge in [-0.05, 0) is 66.1 Å². The fourth-order valence-electron chi connectivity index (χ4n) is 5.81. The number of ether oxygens (including phenoxy) is 2. The van der Waals surface area contributed by atoms with Crippen LogP contribution in [0.2, 0.25) is 0 Å². The molecule has 196 valence electrons. The third-order valence-corrected chi connectivity index (χ3v) is 8.95. The van der Waals surface area contributed by atoms with Crippen LogP contribution in [0.5, 0.6) is 5.75 Å². The van der Waals surface area contributed by atoms with E-state index >= 15 is 0 Å². The molecule has 1 amide bonds. The van der Waals surface area contributed by atoms with Gasteiger partial charge in [-0.15, -0.1) is 23.7 Å². The monoisotopic (exact) mass is 548 g/mol. The summed E-state index contributed by atoms with van der Waals surface area (Å²) in [4.78, 5) is 18.0. The smallest absolute Gasteiger partial charge is 0.235 e. The van der Waals surface area contributed by atoms with Crippen molar-refractivity contribution in [1.29, 1.82) is 0 Å². The highest BCUT2D eigenvalue weighted by Crippen LogP contribution is 2.65. The highest BCUT2D eigenvalue weighted by Gasteiger charge is 2.65. The summed E-state index contributed by atoms with van der Waals surface area (Å²) in [7, 11) is 1.66. The number of methoxy groups -OCH3 is 1. The highest BCUT2D eigenvalue weighted by atomic mass is 35.5. The zero-order valence-electron chi connectivity index (χ0n) is 21.0. The summed E-state index contributed by atoms with van der Waals surface area (Å²) in [5.74, 6) is 1.00. The molecule has 2 aromatic carbocycles. The largest absolute Gasteiger partial charge is 0.497 e. The molecule has 1 saturated carbocycles. The molecule has 38 heavy (non-hydrogen) atoms. The lowest BCUT2D eigenvalue weighted by Gasteiger charge is -2.25. The fourth-order valence-corrected chi connectivity index (χ4v) is 6.77. The summed E-state index contributed by atoms with van der Waals surface area (Å²) >= 11 is 1.82. The van der Waals surface area contributed by atoms with Crippen LogP contribution < -0.4 is 10.1 Å². The molecule has 2 aromatic heterocycles. The van der Waals surface area contributed by atoms with Crippen molar-refractivity contribution in [3.05, 3.63) is 75.1 Å². The van der Waals surface area contributed by atoms with Gasteiger partial charge in [-0.2, -0.15) is 5.10 Å². The van der Waals surface area contributed by atoms with Crippen molar-refractivity contribution in [2.75, 3.05) is 38.7 Å². The number of thiophene rings is 1. The number of nitrogens with zero attached hydrogens (tertiary/aromatic N) is 2. The first-order valence-corrected chi connectivity index (χ1v) is 13.5. The van der Waals surface area contributed by atoms with Crippen molar-refractivity contribution in [2.24, 2.45) is 0 Å². The summed E-state index contributed by atoms with van der Waals surface area (Å²) in [6.07, 6.45) is 5.02. The van der Waals surface area contributed by atoms with Gasteiger partial charge >= 0.3 is 0 Å². The topological polar surface area (TPSA) is 79.5 Å². The van der Waals surface area contributed by atoms with Crippen LogP contribution in [0.3, 0.4) is 0 Å². The second-order valence-corrected chi connectivity index (χ2v) is 11.2. The summed E-state index contributed by atoms with van der Waals surface area (Å²) in [5.41, 5.74) is 4.50. The van der Waals surface area contributed by atoms with Gasteiger partial charge in [0, 0.05) is 46.4 Å². The zero-order chi connectivity index (χ0) is 25.0. The van der Waals surface area contributed by atoms with E-state index in [-0.39, 0.29) is 24.2 Å². The average Bonchev–Trinajstić information content (AvgIpc) is 3.16. The summed E-state index contributed by atoms with van der Waals surface area (Å²) in [6.45, 7) is 4.62. The van der Waals surface area contributed by atoms with Gasteiger partial charge in [-0.1, -0.05) is 12.1 Å². The zero-order valence-corrected chi connectivity index (χ0v) is 22.7. The summed E-state index contributed by atoms with van der Waals surface area (Å²) in [5, 5.41) is 11.9. The first kappa shape index (κ1) is 25.1. The van der Waals surface area contributed by atoms with E-state index in [2.05, 4.69) is 62.9 Å². The SMILES string of the molecule is COc1ccc2c(c1)[C@]1(C[C@H]1c1ccc3c(/C=C/c4ccc(CN5CCOCC5)s4)n[nH]c3c1)C(=O)N2.Cl. The lowest BCUT2D eigenvalue weighted by molar-refractivity contribution is -0.118. The number of H-pyrrole nitrogens is 1. The number of hydrogen-bond acceptors (Lipinski definition) is 6. The van der Waals surface area contributed by atoms with Crippen molar-refractivity contribution < 1.29 is 14.3 Å². The highest BCUT2D eigenvalue weighted by molar-refractivity contribution is 7.12. The maximum Gasteiger partial charge on any atom is 0.235 e. The molecule has 2 fully saturated rings. The van der Waals surface area contributed by atoms with Gasteiger partial charge in [0.15, 0.2) is 0 Å².